The topological polar surface area (TPSA) is 61.9 Å². The number of amides is 1. The lowest BCUT2D eigenvalue weighted by Crippen LogP contribution is -2.44. The third kappa shape index (κ3) is 3.35. The van der Waals surface area contributed by atoms with Gasteiger partial charge in [0.2, 0.25) is 0 Å². The van der Waals surface area contributed by atoms with Crippen LogP contribution in [0.5, 0.6) is 0 Å². The number of nitrogens with zero attached hydrogens (tertiary/aromatic N) is 3. The fourth-order valence-corrected chi connectivity index (χ4v) is 3.39. The van der Waals surface area contributed by atoms with Crippen molar-refractivity contribution in [3.63, 3.8) is 0 Å². The molecule has 0 saturated heterocycles. The predicted molar refractivity (Wildman–Crippen MR) is 105 cm³/mol. The van der Waals surface area contributed by atoms with Crippen LogP contribution in [-0.2, 0) is 10.3 Å². The fourth-order valence-electron chi connectivity index (χ4n) is 3.39. The summed E-state index contributed by atoms with van der Waals surface area (Å²) in [5, 5.41) is 0. The molecule has 5 heteroatoms. The zero-order valence-corrected chi connectivity index (χ0v) is 15.4. The Hall–Kier alpha value is -2.66. The second kappa shape index (κ2) is 7.70. The summed E-state index contributed by atoms with van der Waals surface area (Å²) in [4.78, 5) is 22.0. The van der Waals surface area contributed by atoms with E-state index in [1.165, 1.54) is 0 Å². The van der Waals surface area contributed by atoms with E-state index in [0.29, 0.717) is 12.5 Å². The van der Waals surface area contributed by atoms with Crippen LogP contribution in [0.15, 0.2) is 65.7 Å². The van der Waals surface area contributed by atoms with Crippen LogP contribution in [0.1, 0.15) is 24.0 Å². The van der Waals surface area contributed by atoms with E-state index in [0.717, 1.165) is 30.5 Å². The first-order valence-corrected chi connectivity index (χ1v) is 8.99. The third-order valence-corrected chi connectivity index (χ3v) is 4.73. The van der Waals surface area contributed by atoms with Gasteiger partial charge in [-0.25, -0.2) is 4.99 Å². The van der Waals surface area contributed by atoms with E-state index in [-0.39, 0.29) is 5.91 Å². The molecule has 1 amide bonds. The van der Waals surface area contributed by atoms with Gasteiger partial charge in [-0.15, -0.1) is 0 Å². The van der Waals surface area contributed by atoms with Crippen LogP contribution in [0.3, 0.4) is 0 Å². The molecule has 3 rings (SSSR count). The molecule has 0 bridgehead atoms. The molecule has 0 saturated carbocycles. The van der Waals surface area contributed by atoms with Crippen LogP contribution < -0.4 is 5.73 Å². The number of unbranched alkanes of at least 4 members (excludes halogenated alkanes) is 1. The molecule has 0 atom stereocenters. The van der Waals surface area contributed by atoms with Gasteiger partial charge in [0.05, 0.1) is 0 Å². The Labute approximate surface area is 155 Å². The number of aliphatic imine (C=N–C) groups is 1. The predicted octanol–water partition coefficient (Wildman–Crippen LogP) is 2.43. The molecule has 1 aliphatic heterocycles. The highest BCUT2D eigenvalue weighted by molar-refractivity contribution is 6.09. The SMILES string of the molecule is CN(C)CCCCN1C(=O)C(c2ccccc2)(c2ccccc2)N=C1N. The smallest absolute Gasteiger partial charge is 0.266 e. The van der Waals surface area contributed by atoms with Crippen LogP contribution in [-0.4, -0.2) is 48.9 Å². The number of hydrogen-bond donors (Lipinski definition) is 1. The van der Waals surface area contributed by atoms with Crippen molar-refractivity contribution in [1.29, 1.82) is 0 Å². The van der Waals surface area contributed by atoms with Gasteiger partial charge in [0.25, 0.3) is 5.91 Å². The van der Waals surface area contributed by atoms with E-state index in [2.05, 4.69) is 4.90 Å². The van der Waals surface area contributed by atoms with Gasteiger partial charge in [-0.3, -0.25) is 9.69 Å². The van der Waals surface area contributed by atoms with Gasteiger partial charge >= 0.3 is 0 Å². The first-order valence-electron chi connectivity index (χ1n) is 8.99. The number of rotatable bonds is 7. The highest BCUT2D eigenvalue weighted by Gasteiger charge is 2.50. The first kappa shape index (κ1) is 18.1. The molecule has 0 radical (unpaired) electrons. The maximum atomic E-state index is 13.5. The van der Waals surface area contributed by atoms with Gasteiger partial charge in [0.1, 0.15) is 0 Å². The molecular weight excluding hydrogens is 324 g/mol. The summed E-state index contributed by atoms with van der Waals surface area (Å²) in [6.45, 7) is 1.57. The maximum absolute atomic E-state index is 13.5. The summed E-state index contributed by atoms with van der Waals surface area (Å²) in [7, 11) is 4.10. The summed E-state index contributed by atoms with van der Waals surface area (Å²) in [6.07, 6.45) is 1.90. The van der Waals surface area contributed by atoms with Crippen molar-refractivity contribution in [3.05, 3.63) is 71.8 Å². The molecule has 5 nitrogen and oxygen atoms in total. The van der Waals surface area contributed by atoms with Crippen molar-refractivity contribution in [3.8, 4) is 0 Å². The Bertz CT molecular complexity index is 732. The summed E-state index contributed by atoms with van der Waals surface area (Å²) >= 11 is 0. The quantitative estimate of drug-likeness (QED) is 0.780. The summed E-state index contributed by atoms with van der Waals surface area (Å²) in [6, 6.07) is 19.4. The minimum Gasteiger partial charge on any atom is -0.369 e. The minimum absolute atomic E-state index is 0.0720. The van der Waals surface area contributed by atoms with Crippen LogP contribution >= 0.6 is 0 Å². The van der Waals surface area contributed by atoms with Gasteiger partial charge in [-0.2, -0.15) is 0 Å². The summed E-state index contributed by atoms with van der Waals surface area (Å²) in [5.41, 5.74) is 6.80. The Kier molecular flexibility index (Phi) is 5.38. The monoisotopic (exact) mass is 350 g/mol. The zero-order chi connectivity index (χ0) is 18.6. The zero-order valence-electron chi connectivity index (χ0n) is 15.4. The molecular formula is C21H26N4O. The van der Waals surface area contributed by atoms with Gasteiger partial charge < -0.3 is 10.6 Å². The third-order valence-electron chi connectivity index (χ3n) is 4.73. The highest BCUT2D eigenvalue weighted by atomic mass is 16.2. The van der Waals surface area contributed by atoms with Gasteiger partial charge in [0, 0.05) is 6.54 Å². The lowest BCUT2D eigenvalue weighted by atomic mass is 9.83. The Morgan fingerprint density at radius 3 is 2.00 bits per heavy atom. The van der Waals surface area contributed by atoms with Crippen LogP contribution in [0.25, 0.3) is 0 Å². The van der Waals surface area contributed by atoms with Gasteiger partial charge in [-0.05, 0) is 44.6 Å². The molecule has 2 N–H and O–H groups in total. The van der Waals surface area contributed by atoms with Crippen molar-refractivity contribution in [2.24, 2.45) is 10.7 Å². The van der Waals surface area contributed by atoms with Crippen molar-refractivity contribution in [2.75, 3.05) is 27.2 Å². The first-order chi connectivity index (χ1) is 12.6. The van der Waals surface area contributed by atoms with Crippen molar-refractivity contribution >= 4 is 11.9 Å². The lowest BCUT2D eigenvalue weighted by molar-refractivity contribution is -0.130. The molecule has 2 aromatic carbocycles. The van der Waals surface area contributed by atoms with E-state index >= 15 is 0 Å². The second-order valence-electron chi connectivity index (χ2n) is 6.88. The maximum Gasteiger partial charge on any atom is 0.266 e. The highest BCUT2D eigenvalue weighted by Crippen LogP contribution is 2.39. The van der Waals surface area contributed by atoms with Gasteiger partial charge in [0.15, 0.2) is 11.5 Å². The van der Waals surface area contributed by atoms with E-state index in [9.17, 15) is 4.79 Å². The number of benzene rings is 2. The summed E-state index contributed by atoms with van der Waals surface area (Å²) in [5.74, 6) is 0.227. The van der Waals surface area contributed by atoms with E-state index in [1.807, 2.05) is 74.8 Å². The Morgan fingerprint density at radius 2 is 1.50 bits per heavy atom. The average Bonchev–Trinajstić information content (AvgIpc) is 2.91. The van der Waals surface area contributed by atoms with Crippen LogP contribution in [0, 0.1) is 0 Å². The number of guanidine groups is 1. The number of carbonyl (C=O) groups is 1. The molecule has 136 valence electrons. The molecule has 0 spiro atoms. The van der Waals surface area contributed by atoms with Crippen LogP contribution in [0.4, 0.5) is 0 Å². The molecule has 0 unspecified atom stereocenters. The standard InChI is InChI=1S/C21H26N4O/c1-24(2)15-9-10-16-25-19(26)21(23-20(25)22,17-11-5-3-6-12-17)18-13-7-4-8-14-18/h3-8,11-14H,9-10,15-16H2,1-2H3,(H2,22,23). The number of carbonyl (C=O) groups excluding carboxylic acids is 1. The normalized spacial score (nSPS) is 16.2. The molecule has 0 aromatic heterocycles. The Balaban J connectivity index is 1.93. The largest absolute Gasteiger partial charge is 0.369 e. The van der Waals surface area contributed by atoms with E-state index in [4.69, 9.17) is 10.7 Å². The molecule has 2 aromatic rings. The van der Waals surface area contributed by atoms with Crippen molar-refractivity contribution < 1.29 is 4.79 Å². The lowest BCUT2D eigenvalue weighted by Gasteiger charge is -2.27. The molecule has 1 heterocycles. The minimum atomic E-state index is -1.09. The van der Waals surface area contributed by atoms with Crippen LogP contribution in [0.2, 0.25) is 0 Å². The molecule has 0 fully saturated rings. The fraction of sp³-hybridized carbons (Fsp3) is 0.333. The second-order valence-corrected chi connectivity index (χ2v) is 6.88. The van der Waals surface area contributed by atoms with Gasteiger partial charge in [-0.1, -0.05) is 60.7 Å². The van der Waals surface area contributed by atoms with Crippen molar-refractivity contribution in [1.82, 2.24) is 9.80 Å². The van der Waals surface area contributed by atoms with E-state index in [1.54, 1.807) is 4.90 Å². The van der Waals surface area contributed by atoms with Crippen molar-refractivity contribution in [2.45, 2.75) is 18.4 Å². The number of hydrogen-bond acceptors (Lipinski definition) is 4. The number of nitrogens with two attached hydrogens (primary N) is 1. The molecule has 0 aliphatic carbocycles. The average molecular weight is 350 g/mol. The van der Waals surface area contributed by atoms with E-state index < -0.39 is 5.54 Å². The summed E-state index contributed by atoms with van der Waals surface area (Å²) < 4.78 is 0. The molecule has 26 heavy (non-hydrogen) atoms. The Morgan fingerprint density at radius 1 is 0.962 bits per heavy atom. The molecule has 1 aliphatic rings.